The summed E-state index contributed by atoms with van der Waals surface area (Å²) in [5.41, 5.74) is 12.9. The molecule has 6 nitrogen and oxygen atoms in total. The van der Waals surface area contributed by atoms with Gasteiger partial charge in [0.15, 0.2) is 0 Å². The standard InChI is InChI=1S/C33H36ClN3O3/c1-33(2)15-12-25(29(19-33)23-4-7-26(34)8-5-23)21-37-16-13-22(14-17-37)24-6-10-28(32(38)39-3)30(18-24)40-27-9-11-31(35)36-20-27/h4-11,13,18,20H,12,14-17,19,21H2,1-3H3,(H2,35,36). The van der Waals surface area contributed by atoms with Gasteiger partial charge in [-0.05, 0) is 89.8 Å². The molecule has 208 valence electrons. The van der Waals surface area contributed by atoms with E-state index in [4.69, 9.17) is 26.8 Å². The van der Waals surface area contributed by atoms with Crippen LogP contribution in [0.1, 0.15) is 61.0 Å². The van der Waals surface area contributed by atoms with Gasteiger partial charge in [-0.15, -0.1) is 0 Å². The first kappa shape index (κ1) is 27.9. The molecule has 7 heteroatoms. The highest BCUT2D eigenvalue weighted by Crippen LogP contribution is 2.43. The molecule has 0 saturated heterocycles. The second-order valence-corrected chi connectivity index (χ2v) is 11.8. The van der Waals surface area contributed by atoms with Crippen LogP contribution in [0.4, 0.5) is 5.82 Å². The van der Waals surface area contributed by atoms with Crippen molar-refractivity contribution in [3.63, 3.8) is 0 Å². The van der Waals surface area contributed by atoms with Gasteiger partial charge >= 0.3 is 5.97 Å². The number of pyridine rings is 1. The Balaban J connectivity index is 1.35. The number of nitrogen functional groups attached to an aromatic ring is 1. The number of methoxy groups -OCH3 is 1. The summed E-state index contributed by atoms with van der Waals surface area (Å²) < 4.78 is 11.0. The SMILES string of the molecule is COC(=O)c1ccc(C2=CCN(CC3=C(c4ccc(Cl)cc4)CC(C)(C)CC3)CC2)cc1Oc1ccc(N)nc1. The van der Waals surface area contributed by atoms with E-state index in [1.807, 2.05) is 24.3 Å². The number of nitrogens with zero attached hydrogens (tertiary/aromatic N) is 2. The Morgan fingerprint density at radius 3 is 2.52 bits per heavy atom. The number of rotatable bonds is 7. The van der Waals surface area contributed by atoms with E-state index in [0.717, 1.165) is 49.5 Å². The summed E-state index contributed by atoms with van der Waals surface area (Å²) in [7, 11) is 1.37. The fraction of sp³-hybridized carbons (Fsp3) is 0.333. The van der Waals surface area contributed by atoms with Crippen LogP contribution in [0.5, 0.6) is 11.5 Å². The molecule has 0 atom stereocenters. The van der Waals surface area contributed by atoms with Gasteiger partial charge in [-0.1, -0.05) is 55.3 Å². The fourth-order valence-electron chi connectivity index (χ4n) is 5.51. The minimum Gasteiger partial charge on any atom is -0.465 e. The van der Waals surface area contributed by atoms with Crippen molar-refractivity contribution in [2.24, 2.45) is 5.41 Å². The van der Waals surface area contributed by atoms with Crippen LogP contribution in [0.25, 0.3) is 11.1 Å². The first-order chi connectivity index (χ1) is 19.2. The predicted octanol–water partition coefficient (Wildman–Crippen LogP) is 7.65. The summed E-state index contributed by atoms with van der Waals surface area (Å²) in [6, 6.07) is 17.3. The third kappa shape index (κ3) is 6.57. The molecule has 40 heavy (non-hydrogen) atoms. The molecule has 1 aliphatic carbocycles. The zero-order chi connectivity index (χ0) is 28.3. The average molecular weight is 558 g/mol. The molecule has 2 aromatic carbocycles. The van der Waals surface area contributed by atoms with Gasteiger partial charge < -0.3 is 15.2 Å². The van der Waals surface area contributed by atoms with Crippen LogP contribution >= 0.6 is 11.6 Å². The topological polar surface area (TPSA) is 77.7 Å². The highest BCUT2D eigenvalue weighted by atomic mass is 35.5. The Morgan fingerprint density at radius 1 is 1.07 bits per heavy atom. The number of allylic oxidation sites excluding steroid dienone is 1. The van der Waals surface area contributed by atoms with Crippen molar-refractivity contribution in [1.29, 1.82) is 0 Å². The van der Waals surface area contributed by atoms with Gasteiger partial charge in [0.25, 0.3) is 0 Å². The average Bonchev–Trinajstić information content (AvgIpc) is 2.95. The molecule has 0 amide bonds. The minimum absolute atomic E-state index is 0.298. The van der Waals surface area contributed by atoms with E-state index in [2.05, 4.69) is 41.9 Å². The number of anilines is 1. The maximum Gasteiger partial charge on any atom is 0.341 e. The van der Waals surface area contributed by atoms with Crippen LogP contribution in [0.15, 0.2) is 72.4 Å². The molecular formula is C33H36ClN3O3. The summed E-state index contributed by atoms with van der Waals surface area (Å²) in [6.07, 6.45) is 8.15. The number of hydrogen-bond donors (Lipinski definition) is 1. The van der Waals surface area contributed by atoms with E-state index >= 15 is 0 Å². The zero-order valence-corrected chi connectivity index (χ0v) is 24.1. The lowest BCUT2D eigenvalue weighted by Gasteiger charge is -2.36. The van der Waals surface area contributed by atoms with Crippen molar-refractivity contribution in [1.82, 2.24) is 9.88 Å². The lowest BCUT2D eigenvalue weighted by atomic mass is 9.72. The minimum atomic E-state index is -0.450. The van der Waals surface area contributed by atoms with E-state index < -0.39 is 5.97 Å². The highest BCUT2D eigenvalue weighted by Gasteiger charge is 2.29. The fourth-order valence-corrected chi connectivity index (χ4v) is 5.64. The first-order valence-electron chi connectivity index (χ1n) is 13.7. The predicted molar refractivity (Wildman–Crippen MR) is 162 cm³/mol. The number of benzene rings is 2. The largest absolute Gasteiger partial charge is 0.465 e. The Morgan fingerprint density at radius 2 is 1.85 bits per heavy atom. The van der Waals surface area contributed by atoms with E-state index in [1.165, 1.54) is 35.8 Å². The summed E-state index contributed by atoms with van der Waals surface area (Å²) in [6.45, 7) is 7.53. The Bertz CT molecular complexity index is 1440. The highest BCUT2D eigenvalue weighted by molar-refractivity contribution is 6.30. The van der Waals surface area contributed by atoms with Crippen LogP contribution in [0.3, 0.4) is 0 Å². The number of carbonyl (C=O) groups excluding carboxylic acids is 1. The van der Waals surface area contributed by atoms with Crippen LogP contribution in [0, 0.1) is 5.41 Å². The van der Waals surface area contributed by atoms with Gasteiger partial charge in [-0.3, -0.25) is 4.90 Å². The normalized spacial score (nSPS) is 17.4. The number of hydrogen-bond acceptors (Lipinski definition) is 6. The van der Waals surface area contributed by atoms with E-state index in [-0.39, 0.29) is 0 Å². The van der Waals surface area contributed by atoms with Gasteiger partial charge in [-0.2, -0.15) is 0 Å². The van der Waals surface area contributed by atoms with E-state index in [0.29, 0.717) is 28.3 Å². The van der Waals surface area contributed by atoms with Gasteiger partial charge in [0.1, 0.15) is 22.9 Å². The van der Waals surface area contributed by atoms with Crippen molar-refractivity contribution in [2.75, 3.05) is 32.5 Å². The van der Waals surface area contributed by atoms with Gasteiger partial charge in [0, 0.05) is 24.7 Å². The molecular weight excluding hydrogens is 522 g/mol. The van der Waals surface area contributed by atoms with Gasteiger partial charge in [0.2, 0.25) is 0 Å². The van der Waals surface area contributed by atoms with Crippen molar-refractivity contribution < 1.29 is 14.3 Å². The number of esters is 1. The lowest BCUT2D eigenvalue weighted by Crippen LogP contribution is -2.32. The Labute approximate surface area is 241 Å². The Hall–Kier alpha value is -3.61. The third-order valence-corrected chi connectivity index (χ3v) is 8.08. The van der Waals surface area contributed by atoms with Crippen LogP contribution in [-0.4, -0.2) is 42.6 Å². The van der Waals surface area contributed by atoms with Crippen molar-refractivity contribution in [3.8, 4) is 11.5 Å². The molecule has 0 unspecified atom stereocenters. The maximum atomic E-state index is 12.4. The monoisotopic (exact) mass is 557 g/mol. The summed E-state index contributed by atoms with van der Waals surface area (Å²) in [5, 5.41) is 0.771. The number of nitrogens with two attached hydrogens (primary N) is 1. The van der Waals surface area contributed by atoms with Gasteiger partial charge in [0.05, 0.1) is 13.3 Å². The number of ether oxygens (including phenoxy) is 2. The molecule has 0 saturated carbocycles. The number of carbonyl (C=O) groups is 1. The molecule has 0 radical (unpaired) electrons. The molecule has 0 spiro atoms. The molecule has 2 aliphatic rings. The molecule has 1 aliphatic heterocycles. The molecule has 1 aromatic heterocycles. The van der Waals surface area contributed by atoms with Crippen LogP contribution < -0.4 is 10.5 Å². The molecule has 2 N–H and O–H groups in total. The second-order valence-electron chi connectivity index (χ2n) is 11.4. The van der Waals surface area contributed by atoms with Crippen LogP contribution in [-0.2, 0) is 4.74 Å². The zero-order valence-electron chi connectivity index (χ0n) is 23.4. The number of halogens is 1. The van der Waals surface area contributed by atoms with Crippen molar-refractivity contribution in [3.05, 3.63) is 94.2 Å². The smallest absolute Gasteiger partial charge is 0.341 e. The quantitative estimate of drug-likeness (QED) is 0.301. The molecule has 0 fully saturated rings. The van der Waals surface area contributed by atoms with Crippen molar-refractivity contribution >= 4 is 34.5 Å². The van der Waals surface area contributed by atoms with E-state index in [9.17, 15) is 4.79 Å². The molecule has 3 aromatic rings. The van der Waals surface area contributed by atoms with Crippen LogP contribution in [0.2, 0.25) is 5.02 Å². The van der Waals surface area contributed by atoms with Gasteiger partial charge in [-0.25, -0.2) is 9.78 Å². The molecule has 2 heterocycles. The third-order valence-electron chi connectivity index (χ3n) is 7.83. The molecule has 5 rings (SSSR count). The maximum absolute atomic E-state index is 12.4. The lowest BCUT2D eigenvalue weighted by molar-refractivity contribution is 0.0598. The summed E-state index contributed by atoms with van der Waals surface area (Å²) in [4.78, 5) is 19.0. The Kier molecular flexibility index (Phi) is 8.29. The first-order valence-corrected chi connectivity index (χ1v) is 14.1. The molecule has 0 bridgehead atoms. The van der Waals surface area contributed by atoms with Crippen molar-refractivity contribution in [2.45, 2.75) is 39.5 Å². The summed E-state index contributed by atoms with van der Waals surface area (Å²) >= 11 is 6.18. The second kappa shape index (κ2) is 11.9. The summed E-state index contributed by atoms with van der Waals surface area (Å²) in [5.74, 6) is 0.885. The number of aromatic nitrogens is 1. The van der Waals surface area contributed by atoms with E-state index in [1.54, 1.807) is 24.4 Å².